The molecule has 23 heavy (non-hydrogen) atoms. The molecule has 2 aromatic rings. The van der Waals surface area contributed by atoms with Gasteiger partial charge in [-0.3, -0.25) is 9.69 Å². The number of anilines is 2. The first-order chi connectivity index (χ1) is 11.0. The number of halogens is 1. The highest BCUT2D eigenvalue weighted by Crippen LogP contribution is 2.23. The molecular formula is C15H15ClN4O2S. The van der Waals surface area contributed by atoms with Crippen molar-refractivity contribution in [2.75, 3.05) is 29.9 Å². The Bertz CT molecular complexity index is 749. The third-order valence-corrected chi connectivity index (χ3v) is 4.48. The second kappa shape index (κ2) is 6.55. The highest BCUT2D eigenvalue weighted by Gasteiger charge is 2.31. The van der Waals surface area contributed by atoms with Crippen molar-refractivity contribution in [1.29, 1.82) is 0 Å². The summed E-state index contributed by atoms with van der Waals surface area (Å²) in [7, 11) is 0. The number of thiazole rings is 1. The van der Waals surface area contributed by atoms with Crippen LogP contribution in [0, 0.1) is 6.92 Å². The molecule has 0 spiro atoms. The predicted octanol–water partition coefficient (Wildman–Crippen LogP) is 2.99. The second-order valence-electron chi connectivity index (χ2n) is 5.16. The number of nitrogens with zero attached hydrogens (tertiary/aromatic N) is 3. The van der Waals surface area contributed by atoms with E-state index in [2.05, 4.69) is 10.3 Å². The van der Waals surface area contributed by atoms with Gasteiger partial charge in [-0.1, -0.05) is 17.7 Å². The Morgan fingerprint density at radius 1 is 1.43 bits per heavy atom. The molecule has 3 rings (SSSR count). The molecule has 0 radical (unpaired) electrons. The van der Waals surface area contributed by atoms with Crippen molar-refractivity contribution in [3.63, 3.8) is 0 Å². The van der Waals surface area contributed by atoms with Gasteiger partial charge in [0.05, 0.1) is 0 Å². The van der Waals surface area contributed by atoms with E-state index in [0.717, 1.165) is 10.6 Å². The highest BCUT2D eigenvalue weighted by molar-refractivity contribution is 7.15. The maximum absolute atomic E-state index is 12.4. The third-order valence-electron chi connectivity index (χ3n) is 3.42. The van der Waals surface area contributed by atoms with Gasteiger partial charge in [0.2, 0.25) is 5.91 Å². The third kappa shape index (κ3) is 3.62. The first kappa shape index (κ1) is 15.8. The molecule has 1 N–H and O–H groups in total. The number of carbonyl (C=O) groups excluding carboxylic acids is 2. The van der Waals surface area contributed by atoms with Crippen LogP contribution in [0.2, 0.25) is 5.02 Å². The molecule has 1 saturated heterocycles. The van der Waals surface area contributed by atoms with Crippen molar-refractivity contribution in [3.05, 3.63) is 40.4 Å². The molecule has 3 amide bonds. The van der Waals surface area contributed by atoms with Crippen molar-refractivity contribution >= 4 is 45.7 Å². The lowest BCUT2D eigenvalue weighted by atomic mass is 10.3. The van der Waals surface area contributed by atoms with Gasteiger partial charge in [0.15, 0.2) is 5.13 Å². The molecule has 0 saturated carbocycles. The van der Waals surface area contributed by atoms with Gasteiger partial charge in [0.25, 0.3) is 0 Å². The number of benzene rings is 1. The van der Waals surface area contributed by atoms with E-state index in [-0.39, 0.29) is 18.5 Å². The Morgan fingerprint density at radius 2 is 2.26 bits per heavy atom. The van der Waals surface area contributed by atoms with Crippen LogP contribution in [0.4, 0.5) is 15.6 Å². The second-order valence-corrected chi connectivity index (χ2v) is 6.83. The van der Waals surface area contributed by atoms with Crippen LogP contribution in [0.25, 0.3) is 0 Å². The number of aromatic nitrogens is 1. The molecule has 0 bridgehead atoms. The minimum absolute atomic E-state index is 0.00846. The van der Waals surface area contributed by atoms with E-state index in [1.807, 2.05) is 13.0 Å². The Kier molecular flexibility index (Phi) is 4.49. The number of nitrogens with one attached hydrogen (secondary N) is 1. The van der Waals surface area contributed by atoms with E-state index in [4.69, 9.17) is 11.6 Å². The van der Waals surface area contributed by atoms with Gasteiger partial charge < -0.3 is 10.2 Å². The lowest BCUT2D eigenvalue weighted by Crippen LogP contribution is -2.37. The molecule has 2 heterocycles. The van der Waals surface area contributed by atoms with Crippen LogP contribution in [-0.4, -0.2) is 41.5 Å². The molecule has 1 fully saturated rings. The topological polar surface area (TPSA) is 65.5 Å². The van der Waals surface area contributed by atoms with E-state index in [1.54, 1.807) is 29.3 Å². The van der Waals surface area contributed by atoms with Gasteiger partial charge >= 0.3 is 6.03 Å². The van der Waals surface area contributed by atoms with Crippen molar-refractivity contribution in [3.8, 4) is 0 Å². The fourth-order valence-corrected chi connectivity index (χ4v) is 3.22. The Labute approximate surface area is 142 Å². The number of amides is 3. The predicted molar refractivity (Wildman–Crippen MR) is 91.2 cm³/mol. The fourth-order valence-electron chi connectivity index (χ4n) is 2.36. The molecule has 1 aliphatic heterocycles. The van der Waals surface area contributed by atoms with Gasteiger partial charge in [0.1, 0.15) is 6.54 Å². The summed E-state index contributed by atoms with van der Waals surface area (Å²) in [4.78, 5) is 32.7. The summed E-state index contributed by atoms with van der Waals surface area (Å²) in [5.74, 6) is -0.249. The summed E-state index contributed by atoms with van der Waals surface area (Å²) in [6, 6.07) is 6.92. The smallest absolute Gasteiger partial charge is 0.313 e. The maximum Gasteiger partial charge on any atom is 0.325 e. The monoisotopic (exact) mass is 350 g/mol. The summed E-state index contributed by atoms with van der Waals surface area (Å²) in [5.41, 5.74) is 0.737. The van der Waals surface area contributed by atoms with E-state index < -0.39 is 0 Å². The highest BCUT2D eigenvalue weighted by atomic mass is 35.5. The molecule has 6 nitrogen and oxygen atoms in total. The Hall–Kier alpha value is -2.12. The van der Waals surface area contributed by atoms with E-state index in [1.165, 1.54) is 16.2 Å². The normalized spacial score (nSPS) is 14.4. The van der Waals surface area contributed by atoms with Crippen LogP contribution in [0.15, 0.2) is 30.5 Å². The SMILES string of the molecule is Cc1cnc(NC(=O)CN2CCN(c3cccc(Cl)c3)C2=O)s1. The van der Waals surface area contributed by atoms with Gasteiger partial charge in [-0.25, -0.2) is 9.78 Å². The number of carbonyl (C=O) groups is 2. The average molecular weight is 351 g/mol. The molecule has 0 aliphatic carbocycles. The van der Waals surface area contributed by atoms with Crippen LogP contribution < -0.4 is 10.2 Å². The maximum atomic E-state index is 12.4. The molecule has 120 valence electrons. The number of hydrogen-bond donors (Lipinski definition) is 1. The Balaban J connectivity index is 1.61. The van der Waals surface area contributed by atoms with Crippen LogP contribution in [-0.2, 0) is 4.79 Å². The molecule has 0 atom stereocenters. The van der Waals surface area contributed by atoms with E-state index in [9.17, 15) is 9.59 Å². The van der Waals surface area contributed by atoms with Gasteiger partial charge in [0, 0.05) is 34.9 Å². The summed E-state index contributed by atoms with van der Waals surface area (Å²) >= 11 is 7.36. The molecule has 1 aromatic carbocycles. The number of hydrogen-bond acceptors (Lipinski definition) is 4. The lowest BCUT2D eigenvalue weighted by Gasteiger charge is -2.18. The van der Waals surface area contributed by atoms with Crippen LogP contribution in [0.5, 0.6) is 0 Å². The first-order valence-electron chi connectivity index (χ1n) is 7.07. The first-order valence-corrected chi connectivity index (χ1v) is 8.26. The minimum Gasteiger partial charge on any atom is -0.313 e. The average Bonchev–Trinajstić information content (AvgIpc) is 3.06. The van der Waals surface area contributed by atoms with Crippen molar-refractivity contribution in [2.45, 2.75) is 6.92 Å². The number of urea groups is 1. The van der Waals surface area contributed by atoms with Crippen molar-refractivity contribution in [1.82, 2.24) is 9.88 Å². The molecular weight excluding hydrogens is 336 g/mol. The van der Waals surface area contributed by atoms with Gasteiger partial charge in [-0.15, -0.1) is 11.3 Å². The summed E-state index contributed by atoms with van der Waals surface area (Å²) in [6.45, 7) is 2.95. The standard InChI is InChI=1S/C15H15ClN4O2S/c1-10-8-17-14(23-10)18-13(21)9-19-5-6-20(15(19)22)12-4-2-3-11(16)7-12/h2-4,7-8H,5-6,9H2,1H3,(H,17,18,21). The zero-order valence-corrected chi connectivity index (χ0v) is 14.0. The number of aryl methyl sites for hydroxylation is 1. The number of rotatable bonds is 4. The van der Waals surface area contributed by atoms with Crippen molar-refractivity contribution in [2.24, 2.45) is 0 Å². The minimum atomic E-state index is -0.249. The molecule has 1 aliphatic rings. The van der Waals surface area contributed by atoms with E-state index in [0.29, 0.717) is 23.2 Å². The zero-order valence-electron chi connectivity index (χ0n) is 12.5. The summed E-state index contributed by atoms with van der Waals surface area (Å²) in [5, 5.41) is 3.83. The fraction of sp³-hybridized carbons (Fsp3) is 0.267. The van der Waals surface area contributed by atoms with Crippen LogP contribution in [0.3, 0.4) is 0 Å². The Morgan fingerprint density at radius 3 is 2.96 bits per heavy atom. The van der Waals surface area contributed by atoms with Crippen molar-refractivity contribution < 1.29 is 9.59 Å². The van der Waals surface area contributed by atoms with E-state index >= 15 is 0 Å². The lowest BCUT2D eigenvalue weighted by molar-refractivity contribution is -0.116. The molecule has 8 heteroatoms. The zero-order chi connectivity index (χ0) is 16.4. The largest absolute Gasteiger partial charge is 0.325 e. The molecule has 1 aromatic heterocycles. The van der Waals surface area contributed by atoms with Crippen LogP contribution >= 0.6 is 22.9 Å². The molecule has 0 unspecified atom stereocenters. The summed E-state index contributed by atoms with van der Waals surface area (Å²) in [6.07, 6.45) is 1.70. The summed E-state index contributed by atoms with van der Waals surface area (Å²) < 4.78 is 0. The van der Waals surface area contributed by atoms with Gasteiger partial charge in [-0.05, 0) is 25.1 Å². The van der Waals surface area contributed by atoms with Crippen LogP contribution in [0.1, 0.15) is 4.88 Å². The van der Waals surface area contributed by atoms with Gasteiger partial charge in [-0.2, -0.15) is 0 Å². The quantitative estimate of drug-likeness (QED) is 0.921.